The number of hydrogen-bond donors (Lipinski definition) is 2. The van der Waals surface area contributed by atoms with Crippen molar-refractivity contribution in [3.8, 4) is 0 Å². The first-order valence-electron chi connectivity index (χ1n) is 11.6. The minimum absolute atomic E-state index is 0.196. The monoisotopic (exact) mass is 527 g/mol. The van der Waals surface area contributed by atoms with Crippen molar-refractivity contribution >= 4 is 51.7 Å². The van der Waals surface area contributed by atoms with Gasteiger partial charge in [-0.3, -0.25) is 0 Å². The first-order chi connectivity index (χ1) is 16.3. The van der Waals surface area contributed by atoms with E-state index in [1.165, 1.54) is 23.5 Å². The molecule has 4 nitrogen and oxygen atoms in total. The Morgan fingerprint density at radius 2 is 1.82 bits per heavy atom. The highest BCUT2D eigenvalue weighted by molar-refractivity contribution is 7.99. The number of H-pyrrole nitrogens is 1. The molecule has 0 unspecified atom stereocenters. The molecule has 2 heterocycles. The van der Waals surface area contributed by atoms with E-state index in [9.17, 15) is 8.78 Å². The zero-order chi connectivity index (χ0) is 24.3. The van der Waals surface area contributed by atoms with Gasteiger partial charge in [-0.25, -0.2) is 13.8 Å². The number of halogens is 4. The van der Waals surface area contributed by atoms with E-state index in [-0.39, 0.29) is 32.5 Å². The molecule has 0 amide bonds. The number of fused-ring (bicyclic) bond motifs is 1. The molecule has 34 heavy (non-hydrogen) atoms. The molecule has 2 N–H and O–H groups in total. The van der Waals surface area contributed by atoms with E-state index in [0.717, 1.165) is 22.8 Å². The van der Waals surface area contributed by atoms with Crippen molar-refractivity contribution in [3.05, 3.63) is 51.8 Å². The Hall–Kier alpha value is -1.54. The van der Waals surface area contributed by atoms with Crippen molar-refractivity contribution < 1.29 is 13.9 Å². The summed E-state index contributed by atoms with van der Waals surface area (Å²) < 4.78 is 27.1. The second-order valence-electron chi connectivity index (χ2n) is 8.83. The smallest absolute Gasteiger partial charge is 0.251 e. The van der Waals surface area contributed by atoms with Crippen LogP contribution in [0.2, 0.25) is 10.0 Å². The predicted octanol–water partition coefficient (Wildman–Crippen LogP) is 7.20. The van der Waals surface area contributed by atoms with Gasteiger partial charge in [-0.05, 0) is 49.4 Å². The number of piperidine rings is 1. The molecule has 184 valence electrons. The molecule has 1 aromatic heterocycles. The largest absolute Gasteiger partial charge is 0.397 e. The lowest BCUT2D eigenvalue weighted by Gasteiger charge is -2.34. The summed E-state index contributed by atoms with van der Waals surface area (Å²) in [6, 6.07) is 10.4. The summed E-state index contributed by atoms with van der Waals surface area (Å²) in [6.07, 6.45) is 3.00. The summed E-state index contributed by atoms with van der Waals surface area (Å²) in [5, 5.41) is 8.44. The summed E-state index contributed by atoms with van der Waals surface area (Å²) in [7, 11) is 0. The molecule has 0 bridgehead atoms. The number of nitrogens with one attached hydrogen (secondary N) is 1. The van der Waals surface area contributed by atoms with E-state index in [4.69, 9.17) is 33.3 Å². The van der Waals surface area contributed by atoms with Crippen LogP contribution in [0.4, 0.5) is 14.5 Å². The van der Waals surface area contributed by atoms with Gasteiger partial charge in [0, 0.05) is 49.6 Å². The van der Waals surface area contributed by atoms with Crippen LogP contribution >= 0.6 is 35.0 Å². The van der Waals surface area contributed by atoms with Crippen molar-refractivity contribution in [1.29, 1.82) is 0 Å². The van der Waals surface area contributed by atoms with Crippen LogP contribution in [-0.2, 0) is 6.42 Å². The third-order valence-corrected chi connectivity index (χ3v) is 7.87. The second kappa shape index (κ2) is 11.0. The lowest BCUT2D eigenvalue weighted by atomic mass is 10.1. The quantitative estimate of drug-likeness (QED) is 0.333. The summed E-state index contributed by atoms with van der Waals surface area (Å²) in [5.74, 6) is 0.293. The van der Waals surface area contributed by atoms with Crippen LogP contribution in [0.25, 0.3) is 11.0 Å². The van der Waals surface area contributed by atoms with E-state index >= 15 is 0 Å². The van der Waals surface area contributed by atoms with E-state index in [1.54, 1.807) is 13.0 Å². The molecule has 5 rings (SSSR count). The number of imidazole rings is 1. The van der Waals surface area contributed by atoms with Crippen LogP contribution in [0.5, 0.6) is 0 Å². The Kier molecular flexibility index (Phi) is 8.28. The number of hydrogen-bond acceptors (Lipinski definition) is 4. The average Bonchev–Trinajstić information content (AvgIpc) is 3.54. The fourth-order valence-corrected chi connectivity index (χ4v) is 5.78. The predicted molar refractivity (Wildman–Crippen MR) is 138 cm³/mol. The number of aliphatic hydroxyl groups excluding tert-OH is 1. The zero-order valence-corrected chi connectivity index (χ0v) is 21.4. The van der Waals surface area contributed by atoms with Gasteiger partial charge in [0.15, 0.2) is 0 Å². The van der Waals surface area contributed by atoms with Crippen LogP contribution in [0.15, 0.2) is 35.2 Å². The second-order valence-corrected chi connectivity index (χ2v) is 10.7. The molecular formula is C25H29Cl2F2N3OS. The number of benzene rings is 2. The lowest BCUT2D eigenvalue weighted by molar-refractivity contribution is -0.0220. The first kappa shape index (κ1) is 25.5. The highest BCUT2D eigenvalue weighted by Gasteiger charge is 2.35. The zero-order valence-electron chi connectivity index (χ0n) is 19.1. The van der Waals surface area contributed by atoms with Gasteiger partial charge in [0.25, 0.3) is 5.92 Å². The minimum Gasteiger partial charge on any atom is -0.397 e. The number of rotatable bonds is 6. The maximum absolute atomic E-state index is 13.6. The van der Waals surface area contributed by atoms with Crippen molar-refractivity contribution in [3.63, 3.8) is 0 Å². The van der Waals surface area contributed by atoms with Gasteiger partial charge in [-0.1, -0.05) is 35.3 Å². The number of aromatic nitrogens is 2. The van der Waals surface area contributed by atoms with Gasteiger partial charge in [0.1, 0.15) is 11.3 Å². The molecule has 1 saturated carbocycles. The maximum atomic E-state index is 13.6. The molecule has 2 aliphatic rings. The molecule has 2 aromatic carbocycles. The SMILES string of the molecule is CCO.FC1(F)CCN(c2c(Cl)cc3[nH]c(Cc4ccc(SCC5CC5)cc4)nc3c2Cl)CC1. The van der Waals surface area contributed by atoms with E-state index in [0.29, 0.717) is 27.7 Å². The molecular weight excluding hydrogens is 499 g/mol. The number of aliphatic hydroxyl groups is 1. The Bertz CT molecular complexity index is 1110. The first-order valence-corrected chi connectivity index (χ1v) is 13.4. The molecule has 9 heteroatoms. The standard InChI is InChI=1S/C23H23Cl2F2N3S.C2H6O/c24-17-12-18-21(20(25)22(17)30-9-7-23(26,27)8-10-30)29-19(28-18)11-14-3-5-16(6-4-14)31-13-15-1-2-15;1-2-3/h3-6,12,15H,1-2,7-11,13H2,(H,28,29);3H,2H2,1H3. The number of aromatic amines is 1. The molecule has 2 fully saturated rings. The van der Waals surface area contributed by atoms with Gasteiger partial charge in [0.05, 0.1) is 21.2 Å². The van der Waals surface area contributed by atoms with Gasteiger partial charge in [-0.2, -0.15) is 0 Å². The molecule has 1 aliphatic carbocycles. The molecule has 3 aromatic rings. The topological polar surface area (TPSA) is 52.1 Å². The Morgan fingerprint density at radius 3 is 2.44 bits per heavy atom. The van der Waals surface area contributed by atoms with Crippen molar-refractivity contribution in [2.45, 2.75) is 49.8 Å². The fraction of sp³-hybridized carbons (Fsp3) is 0.480. The van der Waals surface area contributed by atoms with E-state index < -0.39 is 5.92 Å². The highest BCUT2D eigenvalue weighted by atomic mass is 35.5. The molecule has 0 radical (unpaired) electrons. The fourth-order valence-electron chi connectivity index (χ4n) is 3.95. The van der Waals surface area contributed by atoms with Crippen LogP contribution < -0.4 is 4.90 Å². The number of anilines is 1. The van der Waals surface area contributed by atoms with Gasteiger partial charge in [0.2, 0.25) is 0 Å². The van der Waals surface area contributed by atoms with Gasteiger partial charge >= 0.3 is 0 Å². The molecule has 1 saturated heterocycles. The minimum atomic E-state index is -2.62. The maximum Gasteiger partial charge on any atom is 0.251 e. The molecule has 1 aliphatic heterocycles. The highest BCUT2D eigenvalue weighted by Crippen LogP contribution is 2.42. The van der Waals surface area contributed by atoms with Crippen LogP contribution in [-0.4, -0.2) is 46.4 Å². The Morgan fingerprint density at radius 1 is 1.18 bits per heavy atom. The van der Waals surface area contributed by atoms with Crippen LogP contribution in [0, 0.1) is 5.92 Å². The van der Waals surface area contributed by atoms with Gasteiger partial charge < -0.3 is 15.0 Å². The van der Waals surface area contributed by atoms with E-state index in [2.05, 4.69) is 29.2 Å². The normalized spacial score (nSPS) is 17.5. The Balaban J connectivity index is 0.000000868. The van der Waals surface area contributed by atoms with E-state index in [1.807, 2.05) is 16.7 Å². The third-order valence-electron chi connectivity index (χ3n) is 5.98. The number of thioether (sulfide) groups is 1. The molecule has 0 spiro atoms. The van der Waals surface area contributed by atoms with Crippen LogP contribution in [0.1, 0.15) is 44.0 Å². The number of nitrogens with zero attached hydrogens (tertiary/aromatic N) is 2. The summed E-state index contributed by atoms with van der Waals surface area (Å²) in [6.45, 7) is 2.38. The van der Waals surface area contributed by atoms with Crippen LogP contribution in [0.3, 0.4) is 0 Å². The third kappa shape index (κ3) is 6.36. The molecule has 0 atom stereocenters. The van der Waals surface area contributed by atoms with Crippen molar-refractivity contribution in [2.75, 3.05) is 30.3 Å². The van der Waals surface area contributed by atoms with Crippen molar-refractivity contribution in [1.82, 2.24) is 9.97 Å². The van der Waals surface area contributed by atoms with Gasteiger partial charge in [-0.15, -0.1) is 11.8 Å². The van der Waals surface area contributed by atoms with Crippen molar-refractivity contribution in [2.24, 2.45) is 5.92 Å². The Labute approximate surface area is 213 Å². The summed E-state index contributed by atoms with van der Waals surface area (Å²) in [4.78, 5) is 11.1. The number of alkyl halides is 2. The lowest BCUT2D eigenvalue weighted by Crippen LogP contribution is -2.39. The average molecular weight is 528 g/mol. The summed E-state index contributed by atoms with van der Waals surface area (Å²) >= 11 is 15.1. The summed E-state index contributed by atoms with van der Waals surface area (Å²) in [5.41, 5.74) is 3.15.